The summed E-state index contributed by atoms with van der Waals surface area (Å²) in [5, 5.41) is 0.401. The molecule has 0 fully saturated rings. The third-order valence-electron chi connectivity index (χ3n) is 2.34. The van der Waals surface area contributed by atoms with Crippen LogP contribution in [-0.4, -0.2) is 9.97 Å². The van der Waals surface area contributed by atoms with Gasteiger partial charge in [-0.05, 0) is 47.2 Å². The Labute approximate surface area is 131 Å². The number of hydrogen-bond donors (Lipinski definition) is 0. The monoisotopic (exact) mass is 440 g/mol. The van der Waals surface area contributed by atoms with Crippen LogP contribution in [0, 0.1) is 9.39 Å². The zero-order valence-electron chi connectivity index (χ0n) is 9.35. The molecule has 1 heterocycles. The van der Waals surface area contributed by atoms with Gasteiger partial charge in [0.1, 0.15) is 11.0 Å². The van der Waals surface area contributed by atoms with E-state index in [1.54, 1.807) is 6.07 Å². The molecule has 0 spiro atoms. The van der Waals surface area contributed by atoms with Crippen molar-refractivity contribution >= 4 is 50.1 Å². The van der Waals surface area contributed by atoms with Crippen molar-refractivity contribution in [1.29, 1.82) is 0 Å². The summed E-state index contributed by atoms with van der Waals surface area (Å²) in [6.45, 7) is 1.99. The maximum atomic E-state index is 13.4. The van der Waals surface area contributed by atoms with E-state index in [9.17, 15) is 4.39 Å². The van der Waals surface area contributed by atoms with Gasteiger partial charge in [-0.2, -0.15) is 0 Å². The molecule has 2 rings (SSSR count). The summed E-state index contributed by atoms with van der Waals surface area (Å²) in [6, 6.07) is 4.54. The van der Waals surface area contributed by atoms with Gasteiger partial charge in [-0.3, -0.25) is 0 Å². The van der Waals surface area contributed by atoms with Crippen molar-refractivity contribution in [2.45, 2.75) is 13.3 Å². The molecule has 0 atom stereocenters. The number of aromatic nitrogens is 2. The van der Waals surface area contributed by atoms with Crippen LogP contribution in [-0.2, 0) is 6.42 Å². The minimum Gasteiger partial charge on any atom is -0.232 e. The summed E-state index contributed by atoms with van der Waals surface area (Å²) in [5.74, 6) is 0.105. The summed E-state index contributed by atoms with van der Waals surface area (Å²) in [7, 11) is 0. The summed E-state index contributed by atoms with van der Waals surface area (Å²) < 4.78 is 14.8. The maximum absolute atomic E-state index is 13.4. The molecule has 0 radical (unpaired) electrons. The molecule has 6 heteroatoms. The van der Waals surface area contributed by atoms with E-state index in [1.165, 1.54) is 12.1 Å². The molecule has 2 aromatic rings. The first kappa shape index (κ1) is 14.1. The normalized spacial score (nSPS) is 10.7. The first-order valence-corrected chi connectivity index (χ1v) is 7.44. The number of benzene rings is 1. The second-order valence-corrected chi connectivity index (χ2v) is 5.96. The molecule has 0 saturated heterocycles. The van der Waals surface area contributed by atoms with E-state index < -0.39 is 0 Å². The van der Waals surface area contributed by atoms with Crippen LogP contribution in [0.5, 0.6) is 0 Å². The Kier molecular flexibility index (Phi) is 4.55. The Morgan fingerprint density at radius 3 is 2.67 bits per heavy atom. The van der Waals surface area contributed by atoms with Crippen molar-refractivity contribution in [2.24, 2.45) is 0 Å². The lowest BCUT2D eigenvalue weighted by atomic mass is 10.2. The van der Waals surface area contributed by atoms with Gasteiger partial charge in [-0.15, -0.1) is 0 Å². The molecule has 2 nitrogen and oxygen atoms in total. The average Bonchev–Trinajstić information content (AvgIpc) is 2.31. The zero-order valence-corrected chi connectivity index (χ0v) is 13.8. The largest absolute Gasteiger partial charge is 0.232 e. The molecule has 0 saturated carbocycles. The van der Waals surface area contributed by atoms with E-state index in [0.717, 1.165) is 15.7 Å². The van der Waals surface area contributed by atoms with E-state index in [2.05, 4.69) is 48.5 Å². The van der Waals surface area contributed by atoms with Gasteiger partial charge < -0.3 is 0 Å². The predicted octanol–water partition coefficient (Wildman–Crippen LogP) is 4.87. The number of nitrogens with zero attached hydrogens (tertiary/aromatic N) is 2. The van der Waals surface area contributed by atoms with Crippen molar-refractivity contribution < 1.29 is 4.39 Å². The highest BCUT2D eigenvalue weighted by Crippen LogP contribution is 2.26. The summed E-state index contributed by atoms with van der Waals surface area (Å²) >= 11 is 11.4. The highest BCUT2D eigenvalue weighted by molar-refractivity contribution is 14.1. The standard InChI is InChI=1S/C12H8BrClFIN2/c1-2-9-10(16)11(14)18-12(17-9)6-3-7(13)5-8(15)4-6/h3-5H,2H2,1H3. The fourth-order valence-electron chi connectivity index (χ4n) is 1.51. The maximum Gasteiger partial charge on any atom is 0.161 e. The van der Waals surface area contributed by atoms with Gasteiger partial charge in [0.05, 0.1) is 9.26 Å². The number of hydrogen-bond acceptors (Lipinski definition) is 2. The lowest BCUT2D eigenvalue weighted by molar-refractivity contribution is 0.627. The Morgan fingerprint density at radius 2 is 2.06 bits per heavy atom. The summed E-state index contributed by atoms with van der Waals surface area (Å²) in [6.07, 6.45) is 0.754. The predicted molar refractivity (Wildman–Crippen MR) is 82.2 cm³/mol. The Hall–Kier alpha value is -0.270. The summed E-state index contributed by atoms with van der Waals surface area (Å²) in [5.41, 5.74) is 1.47. The number of aryl methyl sites for hydroxylation is 1. The van der Waals surface area contributed by atoms with Crippen molar-refractivity contribution in [3.05, 3.63) is 42.9 Å². The first-order valence-electron chi connectivity index (χ1n) is 5.19. The van der Waals surface area contributed by atoms with Crippen LogP contribution in [0.1, 0.15) is 12.6 Å². The smallest absolute Gasteiger partial charge is 0.161 e. The molecule has 18 heavy (non-hydrogen) atoms. The number of rotatable bonds is 2. The quantitative estimate of drug-likeness (QED) is 0.491. The fourth-order valence-corrected chi connectivity index (χ4v) is 2.79. The number of halogens is 4. The first-order chi connectivity index (χ1) is 8.51. The van der Waals surface area contributed by atoms with Crippen molar-refractivity contribution in [1.82, 2.24) is 9.97 Å². The van der Waals surface area contributed by atoms with Crippen LogP contribution in [0.15, 0.2) is 22.7 Å². The van der Waals surface area contributed by atoms with Crippen molar-refractivity contribution in [2.75, 3.05) is 0 Å². The van der Waals surface area contributed by atoms with Crippen LogP contribution >= 0.6 is 50.1 Å². The van der Waals surface area contributed by atoms with Gasteiger partial charge in [-0.25, -0.2) is 14.4 Å². The van der Waals surface area contributed by atoms with Gasteiger partial charge in [0.25, 0.3) is 0 Å². The molecule has 1 aromatic carbocycles. The van der Waals surface area contributed by atoms with E-state index in [1.807, 2.05) is 6.92 Å². The van der Waals surface area contributed by atoms with Crippen LogP contribution in [0.3, 0.4) is 0 Å². The highest BCUT2D eigenvalue weighted by atomic mass is 127. The molecule has 1 aromatic heterocycles. The van der Waals surface area contributed by atoms with Gasteiger partial charge >= 0.3 is 0 Å². The topological polar surface area (TPSA) is 25.8 Å². The molecule has 0 amide bonds. The summed E-state index contributed by atoms with van der Waals surface area (Å²) in [4.78, 5) is 8.61. The van der Waals surface area contributed by atoms with Crippen LogP contribution in [0.2, 0.25) is 5.15 Å². The van der Waals surface area contributed by atoms with Crippen LogP contribution < -0.4 is 0 Å². The molecule has 0 unspecified atom stereocenters. The lowest BCUT2D eigenvalue weighted by Gasteiger charge is -2.07. The molecule has 94 valence electrons. The van der Waals surface area contributed by atoms with E-state index in [-0.39, 0.29) is 5.82 Å². The molecule has 0 bridgehead atoms. The Morgan fingerprint density at radius 1 is 1.33 bits per heavy atom. The van der Waals surface area contributed by atoms with E-state index >= 15 is 0 Å². The molecule has 0 aliphatic carbocycles. The zero-order chi connectivity index (χ0) is 13.3. The molecular formula is C12H8BrClFIN2. The molecular weight excluding hydrogens is 433 g/mol. The minimum atomic E-state index is -0.337. The van der Waals surface area contributed by atoms with Crippen LogP contribution in [0.25, 0.3) is 11.4 Å². The second-order valence-electron chi connectivity index (χ2n) is 3.61. The van der Waals surface area contributed by atoms with Gasteiger partial charge in [0.15, 0.2) is 5.82 Å². The van der Waals surface area contributed by atoms with Gasteiger partial charge in [0, 0.05) is 10.0 Å². The van der Waals surface area contributed by atoms with E-state index in [0.29, 0.717) is 21.0 Å². The minimum absolute atomic E-state index is 0.337. The third-order valence-corrected chi connectivity index (χ3v) is 4.52. The molecule has 0 aliphatic rings. The van der Waals surface area contributed by atoms with Gasteiger partial charge in [-0.1, -0.05) is 34.5 Å². The molecule has 0 aliphatic heterocycles. The fraction of sp³-hybridized carbons (Fsp3) is 0.167. The van der Waals surface area contributed by atoms with Crippen LogP contribution in [0.4, 0.5) is 4.39 Å². The van der Waals surface area contributed by atoms with Crippen molar-refractivity contribution in [3.63, 3.8) is 0 Å². The third kappa shape index (κ3) is 3.00. The highest BCUT2D eigenvalue weighted by Gasteiger charge is 2.12. The average molecular weight is 441 g/mol. The SMILES string of the molecule is CCc1nc(-c2cc(F)cc(Br)c2)nc(Cl)c1I. The van der Waals surface area contributed by atoms with Crippen molar-refractivity contribution in [3.8, 4) is 11.4 Å². The van der Waals surface area contributed by atoms with E-state index in [4.69, 9.17) is 11.6 Å². The second kappa shape index (κ2) is 5.79. The molecule has 0 N–H and O–H groups in total. The van der Waals surface area contributed by atoms with Gasteiger partial charge in [0.2, 0.25) is 0 Å². The Bertz CT molecular complexity index is 587. The lowest BCUT2D eigenvalue weighted by Crippen LogP contribution is -1.99. The Balaban J connectivity index is 2.60.